The van der Waals surface area contributed by atoms with Crippen LogP contribution < -0.4 is 5.73 Å². The molecule has 0 bridgehead atoms. The van der Waals surface area contributed by atoms with Gasteiger partial charge < -0.3 is 10.8 Å². The number of unbranched alkanes of at least 4 members (excludes halogenated alkanes) is 1. The van der Waals surface area contributed by atoms with Gasteiger partial charge in [0, 0.05) is 17.7 Å². The fourth-order valence-electron chi connectivity index (χ4n) is 1.78. The zero-order chi connectivity index (χ0) is 10.4. The van der Waals surface area contributed by atoms with Gasteiger partial charge in [-0.1, -0.05) is 6.42 Å². The molecule has 2 atom stereocenters. The predicted octanol–water partition coefficient (Wildman–Crippen LogP) is 1.85. The molecule has 14 heavy (non-hydrogen) atoms. The predicted molar refractivity (Wildman–Crippen MR) is 59.6 cm³/mol. The maximum atomic E-state index is 10.3. The fourth-order valence-corrected chi connectivity index (χ4v) is 3.14. The first-order valence-corrected chi connectivity index (χ1v) is 6.34. The minimum absolute atomic E-state index is 0.298. The van der Waals surface area contributed by atoms with E-state index in [0.29, 0.717) is 17.7 Å². The van der Waals surface area contributed by atoms with Gasteiger partial charge in [-0.05, 0) is 31.4 Å². The Hall–Kier alpha value is -0.220. The number of aliphatic carboxylic acids is 1. The molecule has 0 aliphatic carbocycles. The van der Waals surface area contributed by atoms with Crippen LogP contribution in [0, 0.1) is 0 Å². The molecule has 0 amide bonds. The second kappa shape index (κ2) is 6.30. The van der Waals surface area contributed by atoms with Crippen LogP contribution in [-0.2, 0) is 4.79 Å². The van der Waals surface area contributed by atoms with E-state index in [4.69, 9.17) is 10.8 Å². The number of hydrogen-bond donors (Lipinski definition) is 2. The van der Waals surface area contributed by atoms with Crippen LogP contribution in [0.4, 0.5) is 0 Å². The summed E-state index contributed by atoms with van der Waals surface area (Å²) in [6.45, 7) is 0. The lowest BCUT2D eigenvalue weighted by molar-refractivity contribution is -0.137. The molecule has 3 N–H and O–H groups in total. The molecule has 0 aromatic carbocycles. The van der Waals surface area contributed by atoms with Gasteiger partial charge >= 0.3 is 5.97 Å². The second-order valence-electron chi connectivity index (χ2n) is 3.85. The lowest BCUT2D eigenvalue weighted by Crippen LogP contribution is -2.35. The summed E-state index contributed by atoms with van der Waals surface area (Å²) in [6, 6.07) is 0.332. The Labute approximate surface area is 89.4 Å². The highest BCUT2D eigenvalue weighted by Gasteiger charge is 2.21. The van der Waals surface area contributed by atoms with Crippen molar-refractivity contribution in [1.82, 2.24) is 0 Å². The highest BCUT2D eigenvalue weighted by atomic mass is 32.2. The minimum Gasteiger partial charge on any atom is -0.481 e. The maximum Gasteiger partial charge on any atom is 0.303 e. The van der Waals surface area contributed by atoms with Crippen molar-refractivity contribution in [2.24, 2.45) is 5.73 Å². The number of nitrogens with two attached hydrogens (primary N) is 1. The van der Waals surface area contributed by atoms with Crippen molar-refractivity contribution in [3.63, 3.8) is 0 Å². The van der Waals surface area contributed by atoms with Gasteiger partial charge in [-0.15, -0.1) is 0 Å². The molecule has 4 heteroatoms. The third-order valence-electron chi connectivity index (χ3n) is 2.62. The molecule has 1 aliphatic rings. The summed E-state index contributed by atoms with van der Waals surface area (Å²) in [5.74, 6) is 0.530. The molecule has 0 saturated carbocycles. The Bertz CT molecular complexity index is 187. The van der Waals surface area contributed by atoms with Gasteiger partial charge in [0.05, 0.1) is 0 Å². The van der Waals surface area contributed by atoms with E-state index in [2.05, 4.69) is 0 Å². The van der Waals surface area contributed by atoms with E-state index in [9.17, 15) is 4.79 Å². The van der Waals surface area contributed by atoms with Crippen molar-refractivity contribution in [1.29, 1.82) is 0 Å². The zero-order valence-electron chi connectivity index (χ0n) is 8.45. The highest BCUT2D eigenvalue weighted by Crippen LogP contribution is 2.28. The van der Waals surface area contributed by atoms with Gasteiger partial charge in [0.2, 0.25) is 0 Å². The van der Waals surface area contributed by atoms with Gasteiger partial charge in [-0.3, -0.25) is 4.79 Å². The van der Waals surface area contributed by atoms with E-state index in [1.807, 2.05) is 11.8 Å². The summed E-state index contributed by atoms with van der Waals surface area (Å²) in [6.07, 6.45) is 5.54. The minimum atomic E-state index is -0.689. The molecule has 1 rings (SSSR count). The molecular formula is C10H19NO2S. The van der Waals surface area contributed by atoms with Crippen LogP contribution in [-0.4, -0.2) is 28.1 Å². The molecule has 2 unspecified atom stereocenters. The maximum absolute atomic E-state index is 10.3. The summed E-state index contributed by atoms with van der Waals surface area (Å²) >= 11 is 1.96. The van der Waals surface area contributed by atoms with E-state index in [-0.39, 0.29) is 0 Å². The quantitative estimate of drug-likeness (QED) is 0.690. The fraction of sp³-hybridized carbons (Fsp3) is 0.900. The first-order valence-electron chi connectivity index (χ1n) is 5.29. The van der Waals surface area contributed by atoms with Crippen LogP contribution >= 0.6 is 11.8 Å². The smallest absolute Gasteiger partial charge is 0.303 e. The van der Waals surface area contributed by atoms with E-state index < -0.39 is 5.97 Å². The average molecular weight is 217 g/mol. The third kappa shape index (κ3) is 4.33. The molecule has 1 fully saturated rings. The molecule has 1 heterocycles. The number of thioether (sulfide) groups is 1. The van der Waals surface area contributed by atoms with Crippen LogP contribution in [0.25, 0.3) is 0 Å². The molecule has 1 aliphatic heterocycles. The summed E-state index contributed by atoms with van der Waals surface area (Å²) < 4.78 is 0. The Morgan fingerprint density at radius 2 is 2.29 bits per heavy atom. The Morgan fingerprint density at radius 3 is 2.93 bits per heavy atom. The standard InChI is InChI=1S/C10H19NO2S/c11-8-4-3-7-14-9(8)5-1-2-6-10(12)13/h8-9H,1-7,11H2,(H,12,13). The second-order valence-corrected chi connectivity index (χ2v) is 5.20. The van der Waals surface area contributed by atoms with Crippen molar-refractivity contribution < 1.29 is 9.90 Å². The van der Waals surface area contributed by atoms with Crippen LogP contribution in [0.15, 0.2) is 0 Å². The SMILES string of the molecule is NC1CCCSC1CCCCC(=O)O. The molecule has 0 spiro atoms. The van der Waals surface area contributed by atoms with Gasteiger partial charge in [-0.25, -0.2) is 0 Å². The van der Waals surface area contributed by atoms with E-state index in [0.717, 1.165) is 25.7 Å². The summed E-state index contributed by atoms with van der Waals surface area (Å²) in [4.78, 5) is 10.3. The normalized spacial score (nSPS) is 27.5. The number of rotatable bonds is 5. The van der Waals surface area contributed by atoms with E-state index >= 15 is 0 Å². The Kier molecular flexibility index (Phi) is 5.33. The third-order valence-corrected chi connectivity index (χ3v) is 4.16. The van der Waals surface area contributed by atoms with Crippen LogP contribution in [0.1, 0.15) is 38.5 Å². The lowest BCUT2D eigenvalue weighted by atomic mass is 10.0. The van der Waals surface area contributed by atoms with Gasteiger partial charge in [0.15, 0.2) is 0 Å². The molecule has 0 aromatic heterocycles. The summed E-state index contributed by atoms with van der Waals surface area (Å²) in [5.41, 5.74) is 5.98. The van der Waals surface area contributed by atoms with Crippen molar-refractivity contribution >= 4 is 17.7 Å². The van der Waals surface area contributed by atoms with Crippen molar-refractivity contribution in [3.05, 3.63) is 0 Å². The van der Waals surface area contributed by atoms with Crippen LogP contribution in [0.5, 0.6) is 0 Å². The summed E-state index contributed by atoms with van der Waals surface area (Å²) in [7, 11) is 0. The molecular weight excluding hydrogens is 198 g/mol. The number of hydrogen-bond acceptors (Lipinski definition) is 3. The van der Waals surface area contributed by atoms with Crippen LogP contribution in [0.3, 0.4) is 0 Å². The van der Waals surface area contributed by atoms with Gasteiger partial charge in [0.25, 0.3) is 0 Å². The zero-order valence-corrected chi connectivity index (χ0v) is 9.26. The first-order chi connectivity index (χ1) is 6.70. The monoisotopic (exact) mass is 217 g/mol. The van der Waals surface area contributed by atoms with Crippen molar-refractivity contribution in [2.75, 3.05) is 5.75 Å². The number of carboxylic acids is 1. The van der Waals surface area contributed by atoms with Gasteiger partial charge in [0.1, 0.15) is 0 Å². The molecule has 1 saturated heterocycles. The molecule has 82 valence electrons. The van der Waals surface area contributed by atoms with E-state index in [1.165, 1.54) is 12.2 Å². The Morgan fingerprint density at radius 1 is 1.50 bits per heavy atom. The molecule has 0 aromatic rings. The summed E-state index contributed by atoms with van der Waals surface area (Å²) in [5, 5.41) is 9.04. The first kappa shape index (κ1) is 11.9. The van der Waals surface area contributed by atoms with E-state index in [1.54, 1.807) is 0 Å². The van der Waals surface area contributed by atoms with Crippen molar-refractivity contribution in [2.45, 2.75) is 49.8 Å². The number of carbonyl (C=O) groups is 1. The van der Waals surface area contributed by atoms with Gasteiger partial charge in [-0.2, -0.15) is 11.8 Å². The lowest BCUT2D eigenvalue weighted by Gasteiger charge is -2.27. The highest BCUT2D eigenvalue weighted by molar-refractivity contribution is 8.00. The Balaban J connectivity index is 2.07. The average Bonchev–Trinajstić information content (AvgIpc) is 2.15. The number of carboxylic acid groups (broad SMARTS) is 1. The molecule has 0 radical (unpaired) electrons. The largest absolute Gasteiger partial charge is 0.481 e. The topological polar surface area (TPSA) is 63.3 Å². The van der Waals surface area contributed by atoms with Crippen LogP contribution in [0.2, 0.25) is 0 Å². The van der Waals surface area contributed by atoms with Crippen molar-refractivity contribution in [3.8, 4) is 0 Å². The molecule has 3 nitrogen and oxygen atoms in total.